The molecule has 2 aliphatic rings. The molecule has 3 heterocycles. The lowest BCUT2D eigenvalue weighted by Gasteiger charge is -2.32. The van der Waals surface area contributed by atoms with Crippen LogP contribution in [0, 0.1) is 12.8 Å². The van der Waals surface area contributed by atoms with Crippen LogP contribution in [0.25, 0.3) is 0 Å². The summed E-state index contributed by atoms with van der Waals surface area (Å²) in [7, 11) is -3.55. The molecule has 2 saturated heterocycles. The summed E-state index contributed by atoms with van der Waals surface area (Å²) in [4.78, 5) is 16.4. The van der Waals surface area contributed by atoms with Crippen molar-refractivity contribution in [3.63, 3.8) is 0 Å². The molecule has 1 aromatic carbocycles. The first-order chi connectivity index (χ1) is 15.3. The molecule has 2 atom stereocenters. The van der Waals surface area contributed by atoms with Gasteiger partial charge in [-0.15, -0.1) is 11.3 Å². The minimum Gasteiger partial charge on any atom is -0.354 e. The van der Waals surface area contributed by atoms with Crippen LogP contribution in [-0.2, 0) is 14.8 Å². The van der Waals surface area contributed by atoms with E-state index in [1.54, 1.807) is 6.07 Å². The van der Waals surface area contributed by atoms with E-state index in [-0.39, 0.29) is 24.4 Å². The largest absolute Gasteiger partial charge is 0.354 e. The first kappa shape index (κ1) is 23.7. The van der Waals surface area contributed by atoms with E-state index in [1.807, 2.05) is 31.2 Å². The molecule has 2 aliphatic heterocycles. The monoisotopic (exact) mass is 495 g/mol. The van der Waals surface area contributed by atoms with E-state index in [9.17, 15) is 13.2 Å². The van der Waals surface area contributed by atoms with Crippen LogP contribution in [0.3, 0.4) is 0 Å². The van der Waals surface area contributed by atoms with Gasteiger partial charge in [-0.25, -0.2) is 8.42 Å². The highest BCUT2D eigenvalue weighted by molar-refractivity contribution is 7.91. The summed E-state index contributed by atoms with van der Waals surface area (Å²) in [6.45, 7) is 5.09. The molecule has 2 aromatic rings. The fourth-order valence-corrected chi connectivity index (χ4v) is 7.78. The summed E-state index contributed by atoms with van der Waals surface area (Å²) in [5.74, 6) is -0.406. The number of aryl methyl sites for hydroxylation is 1. The Kier molecular flexibility index (Phi) is 7.57. The van der Waals surface area contributed by atoms with Gasteiger partial charge in [-0.05, 0) is 75.5 Å². The SMILES string of the molecule is Cc1ccc(S(=O)(=O)N2CCCC(C(=O)NCC(c3cccc(Cl)c3)N3CCCC3)C2)s1. The van der Waals surface area contributed by atoms with E-state index in [1.165, 1.54) is 15.6 Å². The van der Waals surface area contributed by atoms with Crippen LogP contribution >= 0.6 is 22.9 Å². The minimum absolute atomic E-state index is 0.0673. The minimum atomic E-state index is -3.55. The summed E-state index contributed by atoms with van der Waals surface area (Å²) in [6, 6.07) is 11.4. The van der Waals surface area contributed by atoms with Crippen LogP contribution in [0.4, 0.5) is 0 Å². The Morgan fingerprint density at radius 3 is 2.66 bits per heavy atom. The number of thiophene rings is 1. The van der Waals surface area contributed by atoms with Gasteiger partial charge in [-0.2, -0.15) is 4.31 Å². The summed E-state index contributed by atoms with van der Waals surface area (Å²) >= 11 is 7.50. The highest BCUT2D eigenvalue weighted by Crippen LogP contribution is 2.29. The van der Waals surface area contributed by atoms with Gasteiger partial charge in [0.25, 0.3) is 10.0 Å². The Labute approximate surface area is 199 Å². The summed E-state index contributed by atoms with van der Waals surface area (Å²) in [5.41, 5.74) is 1.10. The second-order valence-electron chi connectivity index (χ2n) is 8.63. The zero-order valence-electron chi connectivity index (χ0n) is 18.3. The van der Waals surface area contributed by atoms with Crippen LogP contribution in [0.1, 0.15) is 42.2 Å². The molecule has 0 saturated carbocycles. The Morgan fingerprint density at radius 2 is 1.97 bits per heavy atom. The summed E-state index contributed by atoms with van der Waals surface area (Å²) in [6.07, 6.45) is 3.70. The first-order valence-corrected chi connectivity index (χ1v) is 13.8. The third-order valence-corrected chi connectivity index (χ3v) is 9.92. The molecule has 0 spiro atoms. The maximum Gasteiger partial charge on any atom is 0.252 e. The van der Waals surface area contributed by atoms with Crippen LogP contribution in [0.2, 0.25) is 5.02 Å². The lowest BCUT2D eigenvalue weighted by atomic mass is 9.98. The molecule has 4 rings (SSSR count). The van der Waals surface area contributed by atoms with E-state index >= 15 is 0 Å². The van der Waals surface area contributed by atoms with Gasteiger partial charge in [0.1, 0.15) is 4.21 Å². The fraction of sp³-hybridized carbons (Fsp3) is 0.522. The van der Waals surface area contributed by atoms with E-state index in [2.05, 4.69) is 16.3 Å². The number of nitrogens with zero attached hydrogens (tertiary/aromatic N) is 2. The van der Waals surface area contributed by atoms with Crippen molar-refractivity contribution in [3.05, 3.63) is 51.9 Å². The lowest BCUT2D eigenvalue weighted by Crippen LogP contribution is -2.46. The number of benzene rings is 1. The highest BCUT2D eigenvalue weighted by atomic mass is 35.5. The van der Waals surface area contributed by atoms with Gasteiger partial charge >= 0.3 is 0 Å². The van der Waals surface area contributed by atoms with Gasteiger partial charge < -0.3 is 5.32 Å². The van der Waals surface area contributed by atoms with Crippen LogP contribution < -0.4 is 5.32 Å². The topological polar surface area (TPSA) is 69.7 Å². The van der Waals surface area contributed by atoms with Crippen LogP contribution in [0.5, 0.6) is 0 Å². The Morgan fingerprint density at radius 1 is 1.19 bits per heavy atom. The number of piperidine rings is 1. The molecule has 174 valence electrons. The molecule has 6 nitrogen and oxygen atoms in total. The van der Waals surface area contributed by atoms with Gasteiger partial charge in [0, 0.05) is 29.5 Å². The van der Waals surface area contributed by atoms with Gasteiger partial charge in [0.05, 0.1) is 12.0 Å². The molecule has 0 aliphatic carbocycles. The van der Waals surface area contributed by atoms with Crippen molar-refractivity contribution in [1.29, 1.82) is 0 Å². The number of halogens is 1. The first-order valence-electron chi connectivity index (χ1n) is 11.2. The van der Waals surface area contributed by atoms with Gasteiger partial charge in [-0.3, -0.25) is 9.69 Å². The quantitative estimate of drug-likeness (QED) is 0.628. The zero-order valence-corrected chi connectivity index (χ0v) is 20.7. The maximum absolute atomic E-state index is 13.1. The van der Waals surface area contributed by atoms with Crippen LogP contribution in [0.15, 0.2) is 40.6 Å². The number of hydrogen-bond acceptors (Lipinski definition) is 5. The van der Waals surface area contributed by atoms with Gasteiger partial charge in [0.2, 0.25) is 5.91 Å². The maximum atomic E-state index is 13.1. The van der Waals surface area contributed by atoms with Gasteiger partial charge in [0.15, 0.2) is 0 Å². The Hall–Kier alpha value is -1.45. The van der Waals surface area contributed by atoms with Crippen molar-refractivity contribution < 1.29 is 13.2 Å². The summed E-state index contributed by atoms with van der Waals surface area (Å²) in [5, 5.41) is 3.81. The molecule has 9 heteroatoms. The van der Waals surface area contributed by atoms with E-state index < -0.39 is 10.0 Å². The molecule has 1 amide bonds. The number of nitrogens with one attached hydrogen (secondary N) is 1. The third-order valence-electron chi connectivity index (χ3n) is 6.35. The number of sulfonamides is 1. The molecule has 1 N–H and O–H groups in total. The normalized spacial score (nSPS) is 21.5. The van der Waals surface area contributed by atoms with Gasteiger partial charge in [-0.1, -0.05) is 23.7 Å². The smallest absolute Gasteiger partial charge is 0.252 e. The Balaban J connectivity index is 1.42. The second-order valence-corrected chi connectivity index (χ2v) is 12.5. The van der Waals surface area contributed by atoms with Crippen molar-refractivity contribution in [3.8, 4) is 0 Å². The number of amides is 1. The highest BCUT2D eigenvalue weighted by Gasteiger charge is 2.34. The molecule has 0 bridgehead atoms. The van der Waals surface area contributed by atoms with Crippen molar-refractivity contribution in [1.82, 2.24) is 14.5 Å². The third kappa shape index (κ3) is 5.37. The van der Waals surface area contributed by atoms with Crippen molar-refractivity contribution in [2.75, 3.05) is 32.7 Å². The average molecular weight is 496 g/mol. The average Bonchev–Trinajstić information content (AvgIpc) is 3.46. The van der Waals surface area contributed by atoms with Crippen LogP contribution in [-0.4, -0.2) is 56.3 Å². The molecule has 32 heavy (non-hydrogen) atoms. The second kappa shape index (κ2) is 10.2. The van der Waals surface area contributed by atoms with Crippen molar-refractivity contribution in [2.24, 2.45) is 5.92 Å². The van der Waals surface area contributed by atoms with Crippen molar-refractivity contribution >= 4 is 38.9 Å². The fourth-order valence-electron chi connectivity index (χ4n) is 4.62. The Bertz CT molecular complexity index is 1050. The molecule has 1 aromatic heterocycles. The number of carbonyl (C=O) groups excluding carboxylic acids is 1. The molecule has 2 fully saturated rings. The van der Waals surface area contributed by atoms with Crippen molar-refractivity contribution in [2.45, 2.75) is 42.9 Å². The molecule has 0 radical (unpaired) electrons. The predicted molar refractivity (Wildman–Crippen MR) is 129 cm³/mol. The number of hydrogen-bond donors (Lipinski definition) is 1. The number of carbonyl (C=O) groups is 1. The van der Waals surface area contributed by atoms with E-state index in [4.69, 9.17) is 11.6 Å². The van der Waals surface area contributed by atoms with E-state index in [0.29, 0.717) is 35.2 Å². The summed E-state index contributed by atoms with van der Waals surface area (Å²) < 4.78 is 27.8. The lowest BCUT2D eigenvalue weighted by molar-refractivity contribution is -0.126. The zero-order chi connectivity index (χ0) is 22.7. The van der Waals surface area contributed by atoms with E-state index in [0.717, 1.165) is 36.4 Å². The predicted octanol–water partition coefficient (Wildman–Crippen LogP) is 4.06. The standard InChI is InChI=1S/C23H30ClN3O3S2/c1-17-9-10-22(31-17)32(29,30)27-13-5-7-19(16-27)23(28)25-15-21(26-11-2-3-12-26)18-6-4-8-20(24)14-18/h4,6,8-10,14,19,21H,2-3,5,7,11-13,15-16H2,1H3,(H,25,28). The number of likely N-dealkylation sites (tertiary alicyclic amines) is 1. The molecular weight excluding hydrogens is 466 g/mol. The number of rotatable bonds is 7. The molecule has 2 unspecified atom stereocenters. The molecular formula is C23H30ClN3O3S2.